The van der Waals surface area contributed by atoms with E-state index in [1.807, 2.05) is 6.07 Å². The SMILES string of the molecule is CCC1CC(c2ccc3oc4c(-c5ccccc5)c5oc6ccc(-c7ccccc7)cc6c5cc4c3c2)=NC(c2ccccc2)=CC1c1ccccc1. The first kappa shape index (κ1) is 31.3. The van der Waals surface area contributed by atoms with Gasteiger partial charge in [0.2, 0.25) is 0 Å². The van der Waals surface area contributed by atoms with Gasteiger partial charge in [-0.3, -0.25) is 4.99 Å². The fraction of sp³-hybridized carbons (Fsp3) is 0.100. The van der Waals surface area contributed by atoms with Crippen LogP contribution in [0.1, 0.15) is 42.4 Å². The smallest absolute Gasteiger partial charge is 0.147 e. The molecule has 0 aliphatic carbocycles. The first-order valence-electron chi connectivity index (χ1n) is 18.6. The van der Waals surface area contributed by atoms with Crippen LogP contribution < -0.4 is 0 Å². The minimum atomic E-state index is 0.257. The van der Waals surface area contributed by atoms with Crippen molar-refractivity contribution in [2.45, 2.75) is 25.7 Å². The first-order chi connectivity index (χ1) is 26.2. The van der Waals surface area contributed by atoms with Crippen molar-refractivity contribution in [1.29, 1.82) is 0 Å². The Labute approximate surface area is 308 Å². The van der Waals surface area contributed by atoms with E-state index in [4.69, 9.17) is 13.8 Å². The third-order valence-corrected chi connectivity index (χ3v) is 11.0. The van der Waals surface area contributed by atoms with Crippen molar-refractivity contribution in [3.05, 3.63) is 187 Å². The fourth-order valence-corrected chi connectivity index (χ4v) is 8.30. The van der Waals surface area contributed by atoms with E-state index < -0.39 is 0 Å². The molecule has 3 nitrogen and oxygen atoms in total. The highest BCUT2D eigenvalue weighted by Crippen LogP contribution is 2.46. The molecule has 1 aliphatic heterocycles. The summed E-state index contributed by atoms with van der Waals surface area (Å²) >= 11 is 0. The molecule has 0 spiro atoms. The van der Waals surface area contributed by atoms with Crippen LogP contribution in [0.2, 0.25) is 0 Å². The van der Waals surface area contributed by atoms with Crippen LogP contribution in [0.3, 0.4) is 0 Å². The van der Waals surface area contributed by atoms with Gasteiger partial charge in [-0.1, -0.05) is 147 Å². The Morgan fingerprint density at radius 1 is 0.509 bits per heavy atom. The van der Waals surface area contributed by atoms with E-state index in [1.165, 1.54) is 11.1 Å². The molecule has 0 bridgehead atoms. The quantitative estimate of drug-likeness (QED) is 0.175. The number of hydrogen-bond donors (Lipinski definition) is 0. The van der Waals surface area contributed by atoms with Crippen LogP contribution in [0, 0.1) is 5.92 Å². The lowest BCUT2D eigenvalue weighted by Gasteiger charge is -2.23. The van der Waals surface area contributed by atoms with Crippen LogP contribution in [-0.2, 0) is 0 Å². The van der Waals surface area contributed by atoms with Crippen LogP contribution >= 0.6 is 0 Å². The lowest BCUT2D eigenvalue weighted by Crippen LogP contribution is -2.14. The molecule has 53 heavy (non-hydrogen) atoms. The molecule has 0 fully saturated rings. The average molecular weight is 684 g/mol. The van der Waals surface area contributed by atoms with Crippen molar-refractivity contribution >= 4 is 55.3 Å². The third-order valence-electron chi connectivity index (χ3n) is 11.0. The molecule has 3 heterocycles. The standard InChI is InChI=1S/C50H37NO2/c1-2-32-29-44(51-45(35-19-11-5-12-20-35)31-39(32)34-17-9-4-10-18-34)38-24-26-47-41(28-38)43-30-42-40-27-37(33-15-7-3-8-16-33)23-25-46(40)52-49(42)48(50(43)53-47)36-21-13-6-14-22-36/h3-28,30-32,39H,2,29H2,1H3. The second-order valence-corrected chi connectivity index (χ2v) is 14.1. The molecule has 2 atom stereocenters. The van der Waals surface area contributed by atoms with E-state index in [0.717, 1.165) is 95.9 Å². The monoisotopic (exact) mass is 683 g/mol. The van der Waals surface area contributed by atoms with Gasteiger partial charge < -0.3 is 8.83 Å². The van der Waals surface area contributed by atoms with Crippen LogP contribution in [0.25, 0.3) is 71.8 Å². The largest absolute Gasteiger partial charge is 0.455 e. The summed E-state index contributed by atoms with van der Waals surface area (Å²) in [6, 6.07) is 57.9. The van der Waals surface area contributed by atoms with Gasteiger partial charge in [-0.25, -0.2) is 0 Å². The summed E-state index contributed by atoms with van der Waals surface area (Å²) in [5.41, 5.74) is 13.5. The van der Waals surface area contributed by atoms with Crippen LogP contribution in [0.15, 0.2) is 184 Å². The van der Waals surface area contributed by atoms with E-state index in [1.54, 1.807) is 0 Å². The topological polar surface area (TPSA) is 38.6 Å². The van der Waals surface area contributed by atoms with Gasteiger partial charge in [0.05, 0.1) is 11.3 Å². The molecular weight excluding hydrogens is 647 g/mol. The Kier molecular flexibility index (Phi) is 7.65. The number of furan rings is 2. The molecular formula is C50H37NO2. The van der Waals surface area contributed by atoms with Gasteiger partial charge in [-0.15, -0.1) is 0 Å². The first-order valence-corrected chi connectivity index (χ1v) is 18.6. The maximum Gasteiger partial charge on any atom is 0.147 e. The minimum Gasteiger partial charge on any atom is -0.455 e. The molecule has 2 aromatic heterocycles. The second kappa shape index (κ2) is 13.0. The van der Waals surface area contributed by atoms with Crippen LogP contribution in [0.5, 0.6) is 0 Å². The van der Waals surface area contributed by atoms with Crippen molar-refractivity contribution in [2.24, 2.45) is 10.9 Å². The summed E-state index contributed by atoms with van der Waals surface area (Å²) in [5.74, 6) is 0.655. The molecule has 9 aromatic rings. The second-order valence-electron chi connectivity index (χ2n) is 14.1. The van der Waals surface area contributed by atoms with Crippen molar-refractivity contribution in [2.75, 3.05) is 0 Å². The summed E-state index contributed by atoms with van der Waals surface area (Å²) in [5, 5.41) is 4.32. The van der Waals surface area contributed by atoms with E-state index in [0.29, 0.717) is 5.92 Å². The number of aliphatic imine (C=N–C) groups is 1. The summed E-state index contributed by atoms with van der Waals surface area (Å²) in [6.45, 7) is 2.31. The van der Waals surface area contributed by atoms with Gasteiger partial charge in [-0.05, 0) is 82.1 Å². The zero-order chi connectivity index (χ0) is 35.3. The van der Waals surface area contributed by atoms with Gasteiger partial charge in [-0.2, -0.15) is 0 Å². The van der Waals surface area contributed by atoms with Crippen LogP contribution in [-0.4, -0.2) is 5.71 Å². The predicted molar refractivity (Wildman–Crippen MR) is 220 cm³/mol. The minimum absolute atomic E-state index is 0.257. The Balaban J connectivity index is 1.18. The Hall–Kier alpha value is -6.45. The summed E-state index contributed by atoms with van der Waals surface area (Å²) in [7, 11) is 0. The average Bonchev–Trinajstić information content (AvgIpc) is 3.70. The zero-order valence-corrected chi connectivity index (χ0v) is 29.5. The molecule has 7 aromatic carbocycles. The Morgan fingerprint density at radius 2 is 1.04 bits per heavy atom. The highest BCUT2D eigenvalue weighted by molar-refractivity contribution is 6.23. The lowest BCUT2D eigenvalue weighted by molar-refractivity contribution is 0.481. The number of hydrogen-bond acceptors (Lipinski definition) is 3. The molecule has 0 saturated carbocycles. The van der Waals surface area contributed by atoms with Gasteiger partial charge in [0.25, 0.3) is 0 Å². The number of rotatable bonds is 6. The van der Waals surface area contributed by atoms with Crippen LogP contribution in [0.4, 0.5) is 0 Å². The molecule has 3 heteroatoms. The molecule has 0 amide bonds. The van der Waals surface area contributed by atoms with Crippen molar-refractivity contribution in [1.82, 2.24) is 0 Å². The number of allylic oxidation sites excluding steroid dienone is 1. The molecule has 0 N–H and O–H groups in total. The lowest BCUT2D eigenvalue weighted by atomic mass is 9.80. The highest BCUT2D eigenvalue weighted by Gasteiger charge is 2.27. The zero-order valence-electron chi connectivity index (χ0n) is 29.5. The normalized spacial score (nSPS) is 16.2. The van der Waals surface area contributed by atoms with Crippen molar-refractivity contribution in [3.8, 4) is 22.3 Å². The van der Waals surface area contributed by atoms with E-state index >= 15 is 0 Å². The van der Waals surface area contributed by atoms with E-state index in [9.17, 15) is 0 Å². The molecule has 2 unspecified atom stereocenters. The molecule has 10 rings (SSSR count). The van der Waals surface area contributed by atoms with Gasteiger partial charge in [0, 0.05) is 33.2 Å². The van der Waals surface area contributed by atoms with E-state index in [-0.39, 0.29) is 5.92 Å². The van der Waals surface area contributed by atoms with E-state index in [2.05, 4.69) is 171 Å². The number of benzene rings is 7. The maximum absolute atomic E-state index is 6.80. The molecule has 1 aliphatic rings. The summed E-state index contributed by atoms with van der Waals surface area (Å²) in [6.07, 6.45) is 4.32. The molecule has 0 radical (unpaired) electrons. The fourth-order valence-electron chi connectivity index (χ4n) is 8.30. The molecule has 254 valence electrons. The summed E-state index contributed by atoms with van der Waals surface area (Å²) < 4.78 is 13.5. The Morgan fingerprint density at radius 3 is 1.64 bits per heavy atom. The number of fused-ring (bicyclic) bond motifs is 6. The summed E-state index contributed by atoms with van der Waals surface area (Å²) in [4.78, 5) is 5.48. The van der Waals surface area contributed by atoms with Crippen molar-refractivity contribution in [3.63, 3.8) is 0 Å². The predicted octanol–water partition coefficient (Wildman–Crippen LogP) is 13.9. The maximum atomic E-state index is 6.80. The third kappa shape index (κ3) is 5.48. The Bertz CT molecular complexity index is 2830. The molecule has 0 saturated heterocycles. The van der Waals surface area contributed by atoms with Gasteiger partial charge >= 0.3 is 0 Å². The highest BCUT2D eigenvalue weighted by atomic mass is 16.3. The van der Waals surface area contributed by atoms with Gasteiger partial charge in [0.1, 0.15) is 22.3 Å². The van der Waals surface area contributed by atoms with Gasteiger partial charge in [0.15, 0.2) is 0 Å². The van der Waals surface area contributed by atoms with Crippen molar-refractivity contribution < 1.29 is 8.83 Å². The number of nitrogens with zero attached hydrogens (tertiary/aromatic N) is 1.